The van der Waals surface area contributed by atoms with Crippen LogP contribution in [0.25, 0.3) is 0 Å². The lowest BCUT2D eigenvalue weighted by atomic mass is 10.00. The lowest BCUT2D eigenvalue weighted by molar-refractivity contribution is -0.138. The van der Waals surface area contributed by atoms with Crippen LogP contribution < -0.4 is 10.6 Å². The summed E-state index contributed by atoms with van der Waals surface area (Å²) in [4.78, 5) is 38.8. The van der Waals surface area contributed by atoms with Gasteiger partial charge in [0.1, 0.15) is 17.6 Å². The molecule has 0 bridgehead atoms. The number of Topliss-reactive ketones (excluding diaryl/α,β-unsaturated/α-hetero) is 1. The zero-order chi connectivity index (χ0) is 27.6. The van der Waals surface area contributed by atoms with Gasteiger partial charge in [-0.1, -0.05) is 39.7 Å². The number of thioether (sulfide) groups is 1. The summed E-state index contributed by atoms with van der Waals surface area (Å²) < 4.78 is 59.7. The van der Waals surface area contributed by atoms with Gasteiger partial charge in [0.15, 0.2) is 5.78 Å². The second-order valence-electron chi connectivity index (χ2n) is 9.06. The number of alkyl halides is 3. The van der Waals surface area contributed by atoms with E-state index in [1.807, 2.05) is 6.92 Å². The zero-order valence-electron chi connectivity index (χ0n) is 21.0. The molecular weight excluding hydrogens is 512 g/mol. The van der Waals surface area contributed by atoms with Crippen molar-refractivity contribution in [3.05, 3.63) is 59.3 Å². The van der Waals surface area contributed by atoms with Gasteiger partial charge >= 0.3 is 6.18 Å². The first-order valence-electron chi connectivity index (χ1n) is 12.0. The van der Waals surface area contributed by atoms with Crippen molar-refractivity contribution in [2.24, 2.45) is 5.92 Å². The average Bonchev–Trinajstić information content (AvgIpc) is 3.33. The van der Waals surface area contributed by atoms with E-state index < -0.39 is 47.0 Å². The summed E-state index contributed by atoms with van der Waals surface area (Å²) in [6, 6.07) is 3.65. The lowest BCUT2D eigenvalue weighted by Gasteiger charge is -2.24. The predicted molar refractivity (Wildman–Crippen MR) is 133 cm³/mol. The highest BCUT2D eigenvalue weighted by molar-refractivity contribution is 7.99. The van der Waals surface area contributed by atoms with Gasteiger partial charge in [-0.2, -0.15) is 13.2 Å². The molecule has 2 atom stereocenters. The number of furan rings is 1. The molecule has 0 fully saturated rings. The molecule has 11 heteroatoms. The van der Waals surface area contributed by atoms with Gasteiger partial charge in [0, 0.05) is 0 Å². The summed E-state index contributed by atoms with van der Waals surface area (Å²) in [5, 5.41) is 4.92. The molecule has 1 heterocycles. The number of ketones is 1. The highest BCUT2D eigenvalue weighted by atomic mass is 32.2. The molecule has 0 saturated carbocycles. The van der Waals surface area contributed by atoms with Crippen molar-refractivity contribution in [3.63, 3.8) is 0 Å². The number of carbonyl (C=O) groups is 3. The van der Waals surface area contributed by atoms with Crippen molar-refractivity contribution in [2.45, 2.75) is 70.5 Å². The van der Waals surface area contributed by atoms with Crippen LogP contribution in [0.4, 0.5) is 17.6 Å². The first-order valence-corrected chi connectivity index (χ1v) is 13.2. The Hall–Kier alpha value is -2.82. The lowest BCUT2D eigenvalue weighted by Crippen LogP contribution is -2.52. The fourth-order valence-corrected chi connectivity index (χ4v) is 4.54. The largest absolute Gasteiger partial charge is 0.468 e. The van der Waals surface area contributed by atoms with E-state index in [0.717, 1.165) is 18.6 Å². The van der Waals surface area contributed by atoms with Crippen molar-refractivity contribution >= 4 is 29.4 Å². The molecule has 1 aromatic heterocycles. The monoisotopic (exact) mass is 544 g/mol. The van der Waals surface area contributed by atoms with Gasteiger partial charge in [-0.15, -0.1) is 11.8 Å². The van der Waals surface area contributed by atoms with E-state index in [4.69, 9.17) is 4.42 Å². The molecule has 2 amide bonds. The third kappa shape index (κ3) is 9.53. The number of carbonyl (C=O) groups excluding carboxylic acids is 3. The summed E-state index contributed by atoms with van der Waals surface area (Å²) >= 11 is 1.33. The van der Waals surface area contributed by atoms with Crippen LogP contribution in [0.5, 0.6) is 0 Å². The van der Waals surface area contributed by atoms with Gasteiger partial charge in [0.2, 0.25) is 5.91 Å². The van der Waals surface area contributed by atoms with E-state index in [0.29, 0.717) is 30.4 Å². The number of benzene rings is 1. The van der Waals surface area contributed by atoms with Crippen LogP contribution in [0.3, 0.4) is 0 Å². The quantitative estimate of drug-likeness (QED) is 0.295. The van der Waals surface area contributed by atoms with Crippen molar-refractivity contribution in [3.8, 4) is 0 Å². The summed E-state index contributed by atoms with van der Waals surface area (Å²) in [7, 11) is 0. The van der Waals surface area contributed by atoms with Crippen molar-refractivity contribution in [1.29, 1.82) is 0 Å². The molecule has 0 aliphatic heterocycles. The van der Waals surface area contributed by atoms with Crippen LogP contribution in [0.2, 0.25) is 0 Å². The minimum Gasteiger partial charge on any atom is -0.468 e. The van der Waals surface area contributed by atoms with Gasteiger partial charge in [-0.25, -0.2) is 4.39 Å². The fourth-order valence-electron chi connectivity index (χ4n) is 3.67. The molecule has 1 aromatic carbocycles. The Balaban J connectivity index is 2.16. The number of hydrogen-bond acceptors (Lipinski definition) is 5. The van der Waals surface area contributed by atoms with Crippen molar-refractivity contribution in [1.82, 2.24) is 10.6 Å². The summed E-state index contributed by atoms with van der Waals surface area (Å²) in [6.07, 6.45) is -1.55. The standard InChI is InChI=1S/C26H32F4N2O4S/c1-4-5-11-20(22(33)15-37-14-17-8-7-12-36-17)31-24(34)21(13-16(2)3)32-25(35)23-18(26(28,29)30)9-6-10-19(23)27/h6-10,12,16,20-21H,4-5,11,13-15H2,1-3H3,(H,31,34)(H,32,35)/t20-,21-/m0/s1. The highest BCUT2D eigenvalue weighted by Crippen LogP contribution is 2.33. The Bertz CT molecular complexity index is 1040. The smallest absolute Gasteiger partial charge is 0.417 e. The van der Waals surface area contributed by atoms with Crippen LogP contribution in [-0.4, -0.2) is 35.4 Å². The second-order valence-corrected chi connectivity index (χ2v) is 10.0. The number of amides is 2. The van der Waals surface area contributed by atoms with E-state index in [9.17, 15) is 31.9 Å². The Kier molecular flexibility index (Phi) is 11.7. The molecule has 0 radical (unpaired) electrons. The van der Waals surface area contributed by atoms with Gasteiger partial charge in [0.25, 0.3) is 5.91 Å². The zero-order valence-corrected chi connectivity index (χ0v) is 21.8. The topological polar surface area (TPSA) is 88.4 Å². The number of unbranched alkanes of at least 4 members (excludes halogenated alkanes) is 1. The summed E-state index contributed by atoms with van der Waals surface area (Å²) in [5.74, 6) is -2.47. The number of nitrogens with one attached hydrogen (secondary N) is 2. The Morgan fingerprint density at radius 1 is 1.05 bits per heavy atom. The highest BCUT2D eigenvalue weighted by Gasteiger charge is 2.38. The third-order valence-corrected chi connectivity index (χ3v) is 6.47. The van der Waals surface area contributed by atoms with Crippen LogP contribution in [0.1, 0.15) is 68.1 Å². The van der Waals surface area contributed by atoms with Gasteiger partial charge in [-0.3, -0.25) is 14.4 Å². The van der Waals surface area contributed by atoms with Crippen LogP contribution in [0.15, 0.2) is 41.0 Å². The van der Waals surface area contributed by atoms with E-state index in [1.165, 1.54) is 18.0 Å². The number of hydrogen-bond donors (Lipinski definition) is 2. The first-order chi connectivity index (χ1) is 17.4. The molecule has 0 aliphatic carbocycles. The predicted octanol–water partition coefficient (Wildman–Crippen LogP) is 5.76. The van der Waals surface area contributed by atoms with E-state index in [1.54, 1.807) is 26.0 Å². The third-order valence-electron chi connectivity index (χ3n) is 5.50. The summed E-state index contributed by atoms with van der Waals surface area (Å²) in [5.41, 5.74) is -2.61. The van der Waals surface area contributed by atoms with Crippen LogP contribution in [0, 0.1) is 11.7 Å². The van der Waals surface area contributed by atoms with Gasteiger partial charge in [0.05, 0.1) is 34.9 Å². The molecule has 204 valence electrons. The molecule has 0 spiro atoms. The molecule has 6 nitrogen and oxygen atoms in total. The first kappa shape index (κ1) is 30.4. The molecule has 2 N–H and O–H groups in total. The molecule has 2 aromatic rings. The van der Waals surface area contributed by atoms with Gasteiger partial charge in [-0.05, 0) is 43.0 Å². The maximum absolute atomic E-state index is 14.3. The summed E-state index contributed by atoms with van der Waals surface area (Å²) in [6.45, 7) is 5.47. The number of halogens is 4. The van der Waals surface area contributed by atoms with Crippen molar-refractivity contribution in [2.75, 3.05) is 5.75 Å². The maximum atomic E-state index is 14.3. The fraction of sp³-hybridized carbons (Fsp3) is 0.500. The molecule has 37 heavy (non-hydrogen) atoms. The van der Waals surface area contributed by atoms with Gasteiger partial charge < -0.3 is 15.1 Å². The van der Waals surface area contributed by atoms with Crippen LogP contribution in [-0.2, 0) is 21.5 Å². The Morgan fingerprint density at radius 2 is 1.78 bits per heavy atom. The maximum Gasteiger partial charge on any atom is 0.417 e. The SMILES string of the molecule is CCCC[C@H](NC(=O)[C@H](CC(C)C)NC(=O)c1c(F)cccc1C(F)(F)F)C(=O)CSCc1ccco1. The number of rotatable bonds is 14. The Morgan fingerprint density at radius 3 is 2.38 bits per heavy atom. The van der Waals surface area contributed by atoms with E-state index in [-0.39, 0.29) is 23.9 Å². The molecule has 0 unspecified atom stereocenters. The molecule has 0 aliphatic rings. The molecule has 0 saturated heterocycles. The Labute approximate surface area is 217 Å². The minimum atomic E-state index is -4.96. The average molecular weight is 545 g/mol. The van der Waals surface area contributed by atoms with E-state index >= 15 is 0 Å². The minimum absolute atomic E-state index is 0.0787. The van der Waals surface area contributed by atoms with E-state index in [2.05, 4.69) is 10.6 Å². The van der Waals surface area contributed by atoms with Crippen molar-refractivity contribution < 1.29 is 36.4 Å². The second kappa shape index (κ2) is 14.2. The molecular formula is C26H32F4N2O4S. The van der Waals surface area contributed by atoms with Crippen LogP contribution >= 0.6 is 11.8 Å². The molecule has 2 rings (SSSR count). The normalized spacial score (nSPS) is 13.3.